The molecule has 5 aromatic carbocycles. The molecule has 2 spiro atoms. The Bertz CT molecular complexity index is 4160. The summed E-state index contributed by atoms with van der Waals surface area (Å²) in [7, 11) is -2.37. The number of hydrogen-bond acceptors (Lipinski definition) is 1. The SMILES string of the molecule is Cc1cc2c(c3c1C1CCC3CC1)c1cc(-c3c(C(C)C)cc(C(C)C)cc3C(C)C)cc3c4c(F)c5c(c(F)c4n2c13)c1cc([Si](C(C)C)(C(C)C)C(C)C)cc2c3c4c(ncc3n5c21)C1(CCCCC1)CCC41CCCCC1. The van der Waals surface area contributed by atoms with Gasteiger partial charge in [-0.15, -0.1) is 0 Å². The Hall–Kier alpha value is -5.07. The maximum Gasteiger partial charge on any atom is 0.158 e. The Morgan fingerprint density at radius 1 is 0.500 bits per heavy atom. The highest BCUT2D eigenvalue weighted by Crippen LogP contribution is 2.61. The maximum absolute atomic E-state index is 20.0. The quantitative estimate of drug-likeness (QED) is 0.139. The molecule has 0 unspecified atom stereocenters. The zero-order chi connectivity index (χ0) is 55.5. The minimum absolute atomic E-state index is 0.0367. The van der Waals surface area contributed by atoms with Gasteiger partial charge < -0.3 is 8.80 Å². The molecule has 6 aliphatic rings. The summed E-state index contributed by atoms with van der Waals surface area (Å²) < 4.78 is 44.3. The van der Waals surface area contributed by atoms with E-state index in [0.29, 0.717) is 56.2 Å². The lowest BCUT2D eigenvalue weighted by Crippen LogP contribution is -2.55. The molecule has 3 saturated carbocycles. The number of rotatable bonds is 8. The van der Waals surface area contributed by atoms with E-state index in [-0.39, 0.29) is 34.3 Å². The molecule has 16 rings (SSSR count). The van der Waals surface area contributed by atoms with Crippen molar-refractivity contribution in [1.82, 2.24) is 13.8 Å². The normalized spacial score (nSPS) is 20.5. The molecule has 0 atom stereocenters. The number of hydrogen-bond donors (Lipinski definition) is 0. The highest BCUT2D eigenvalue weighted by atomic mass is 28.3. The van der Waals surface area contributed by atoms with Gasteiger partial charge in [-0.05, 0) is 191 Å². The predicted molar refractivity (Wildman–Crippen MR) is 339 cm³/mol. The van der Waals surface area contributed by atoms with E-state index in [9.17, 15) is 0 Å². The number of benzene rings is 5. The third-order valence-corrected chi connectivity index (χ3v) is 30.7. The van der Waals surface area contributed by atoms with E-state index in [1.807, 2.05) is 0 Å². The van der Waals surface area contributed by atoms with Crippen molar-refractivity contribution >= 4 is 89.5 Å². The van der Waals surface area contributed by atoms with E-state index >= 15 is 8.78 Å². The van der Waals surface area contributed by atoms with Gasteiger partial charge in [0.1, 0.15) is 0 Å². The fourth-order valence-corrected chi connectivity index (χ4v) is 27.2. The van der Waals surface area contributed by atoms with E-state index in [1.54, 1.807) is 0 Å². The molecular weight excluding hydrogens is 997 g/mol. The molecule has 0 radical (unpaired) electrons. The molecule has 0 N–H and O–H groups in total. The van der Waals surface area contributed by atoms with Gasteiger partial charge in [-0.2, -0.15) is 0 Å². The van der Waals surface area contributed by atoms with Crippen molar-refractivity contribution < 1.29 is 8.78 Å². The first-order valence-electron chi connectivity index (χ1n) is 32.3. The molecule has 5 heterocycles. The van der Waals surface area contributed by atoms with E-state index < -0.39 is 8.07 Å². The Morgan fingerprint density at radius 2 is 0.975 bits per heavy atom. The second-order valence-electron chi connectivity index (χ2n) is 29.4. The number of halogens is 2. The van der Waals surface area contributed by atoms with Gasteiger partial charge in [0, 0.05) is 48.5 Å². The Kier molecular flexibility index (Phi) is 11.5. The number of fused-ring (bicyclic) bond motifs is 18. The summed E-state index contributed by atoms with van der Waals surface area (Å²) in [5, 5.41) is 8.97. The average Bonchev–Trinajstić information content (AvgIpc) is 4.30. The summed E-state index contributed by atoms with van der Waals surface area (Å²) in [6, 6.07) is 17.1. The minimum atomic E-state index is -2.37. The second kappa shape index (κ2) is 17.7. The van der Waals surface area contributed by atoms with Gasteiger partial charge in [0.15, 0.2) is 11.6 Å². The van der Waals surface area contributed by atoms with Crippen LogP contribution >= 0.6 is 0 Å². The fraction of sp³-hybridized carbons (Fsp3) is 0.527. The van der Waals surface area contributed by atoms with E-state index in [0.717, 1.165) is 43.8 Å². The maximum atomic E-state index is 20.0. The van der Waals surface area contributed by atoms with Crippen LogP contribution < -0.4 is 5.19 Å². The highest BCUT2D eigenvalue weighted by molar-refractivity contribution is 6.95. The van der Waals surface area contributed by atoms with Crippen molar-refractivity contribution in [3.63, 3.8) is 0 Å². The van der Waals surface area contributed by atoms with Gasteiger partial charge in [0.25, 0.3) is 0 Å². The molecular formula is C74H87F2N3Si. The lowest BCUT2D eigenvalue weighted by atomic mass is 9.54. The zero-order valence-corrected chi connectivity index (χ0v) is 51.6. The summed E-state index contributed by atoms with van der Waals surface area (Å²) in [6.07, 6.45) is 21.8. The first-order valence-corrected chi connectivity index (χ1v) is 34.5. The van der Waals surface area contributed by atoms with Crippen LogP contribution in [0.4, 0.5) is 8.78 Å². The lowest BCUT2D eigenvalue weighted by Gasteiger charge is -2.50. The van der Waals surface area contributed by atoms with Gasteiger partial charge in [-0.3, -0.25) is 4.98 Å². The summed E-state index contributed by atoms with van der Waals surface area (Å²) in [6.45, 7) is 31.0. The van der Waals surface area contributed by atoms with Crippen LogP contribution in [0.25, 0.3) is 87.3 Å². The molecule has 10 aromatic rings. The topological polar surface area (TPSA) is 21.7 Å². The molecule has 6 aliphatic carbocycles. The first kappa shape index (κ1) is 51.8. The van der Waals surface area contributed by atoms with Gasteiger partial charge in [0.2, 0.25) is 0 Å². The van der Waals surface area contributed by atoms with Crippen molar-refractivity contribution in [2.75, 3.05) is 0 Å². The van der Waals surface area contributed by atoms with Crippen molar-refractivity contribution in [2.24, 2.45) is 0 Å². The van der Waals surface area contributed by atoms with Crippen LogP contribution in [0.1, 0.15) is 260 Å². The second-order valence-corrected chi connectivity index (χ2v) is 35.3. The monoisotopic (exact) mass is 1080 g/mol. The van der Waals surface area contributed by atoms with Crippen LogP contribution in [0.3, 0.4) is 0 Å². The molecule has 2 bridgehead atoms. The predicted octanol–water partition coefficient (Wildman–Crippen LogP) is 21.8. The smallest absolute Gasteiger partial charge is 0.158 e. The fourth-order valence-electron chi connectivity index (χ4n) is 20.4. The van der Waals surface area contributed by atoms with Crippen molar-refractivity contribution in [1.29, 1.82) is 0 Å². The van der Waals surface area contributed by atoms with Crippen LogP contribution in [-0.4, -0.2) is 21.9 Å². The van der Waals surface area contributed by atoms with E-state index in [2.05, 4.69) is 147 Å². The molecule has 3 nitrogen and oxygen atoms in total. The van der Waals surface area contributed by atoms with Gasteiger partial charge >= 0.3 is 0 Å². The van der Waals surface area contributed by atoms with Crippen LogP contribution in [0.15, 0.2) is 48.7 Å². The molecule has 0 aliphatic heterocycles. The van der Waals surface area contributed by atoms with Crippen molar-refractivity contribution in [2.45, 2.75) is 250 Å². The van der Waals surface area contributed by atoms with Crippen LogP contribution in [-0.2, 0) is 10.8 Å². The minimum Gasteiger partial charge on any atom is -0.305 e. The Balaban J connectivity index is 1.16. The molecule has 3 fully saturated rings. The molecule has 6 heteroatoms. The summed E-state index contributed by atoms with van der Waals surface area (Å²) in [4.78, 5) is 5.78. The first-order chi connectivity index (χ1) is 38.3. The molecule has 0 amide bonds. The third kappa shape index (κ3) is 6.50. The molecule has 80 heavy (non-hydrogen) atoms. The number of aromatic nitrogens is 3. The van der Waals surface area contributed by atoms with Crippen LogP contribution in [0, 0.1) is 18.6 Å². The summed E-state index contributed by atoms with van der Waals surface area (Å²) >= 11 is 0. The average molecular weight is 1080 g/mol. The highest BCUT2D eigenvalue weighted by Gasteiger charge is 2.51. The Morgan fingerprint density at radius 3 is 1.50 bits per heavy atom. The largest absolute Gasteiger partial charge is 0.305 e. The van der Waals surface area contributed by atoms with Gasteiger partial charge in [-0.1, -0.05) is 151 Å². The Labute approximate surface area is 475 Å². The standard InChI is InChI=1S/C74H87F2N3Si/c1-38(2)47-31-50(39(3)4)59(51(32-47)40(5)6)48-33-52-61-56(30-44(13)58-45-20-22-46(23-21-45)60(58)61)78-68(52)53(34-48)63-66(75)71-64(67(76)70(63)78)55-36-49(80(41(7)8,42(9)10)43(11)12)35-54-62-57(79(71)69(54)55)37-77-72-65(62)73(24-16-14-17-25-73)28-29-74(72)26-18-15-19-27-74/h30-43,45-46H,14-29H2,1-13H3. The zero-order valence-electron chi connectivity index (χ0n) is 50.6. The molecule has 416 valence electrons. The number of pyridine rings is 1. The summed E-state index contributed by atoms with van der Waals surface area (Å²) in [5.74, 6) is 1.35. The van der Waals surface area contributed by atoms with Crippen molar-refractivity contribution in [3.8, 4) is 11.1 Å². The lowest BCUT2D eigenvalue weighted by molar-refractivity contribution is 0.172. The van der Waals surface area contributed by atoms with Gasteiger partial charge in [-0.25, -0.2) is 8.78 Å². The van der Waals surface area contributed by atoms with Crippen molar-refractivity contribution in [3.05, 3.63) is 105 Å². The summed E-state index contributed by atoms with van der Waals surface area (Å²) in [5.41, 5.74) is 19.9. The van der Waals surface area contributed by atoms with E-state index in [1.165, 1.54) is 174 Å². The number of aryl methyl sites for hydroxylation is 1. The molecule has 5 aromatic heterocycles. The molecule has 0 saturated heterocycles. The van der Waals surface area contributed by atoms with E-state index in [4.69, 9.17) is 4.98 Å². The van der Waals surface area contributed by atoms with Gasteiger partial charge in [0.05, 0.1) is 53.1 Å². The van der Waals surface area contributed by atoms with Crippen LogP contribution in [0.5, 0.6) is 0 Å². The van der Waals surface area contributed by atoms with Crippen LogP contribution in [0.2, 0.25) is 16.6 Å². The third-order valence-electron chi connectivity index (χ3n) is 23.7. The number of nitrogens with zero attached hydrogens (tertiary/aromatic N) is 3.